The predicted octanol–water partition coefficient (Wildman–Crippen LogP) is 5.20. The summed E-state index contributed by atoms with van der Waals surface area (Å²) in [5.74, 6) is -0.756. The Morgan fingerprint density at radius 1 is 1.32 bits per heavy atom. The van der Waals surface area contributed by atoms with Crippen LogP contribution in [0.5, 0.6) is 0 Å². The van der Waals surface area contributed by atoms with Crippen LogP contribution in [0, 0.1) is 13.8 Å². The molecule has 0 amide bonds. The Balaban J connectivity index is 1.98. The SMILES string of the molecule is CCOC(=O)c1c(/N=C/C2=C(O)C(c3ccccc3)CCC2=O)sc(C)c1C. The minimum Gasteiger partial charge on any atom is -0.511 e. The third kappa shape index (κ3) is 3.92. The fourth-order valence-corrected chi connectivity index (χ4v) is 4.28. The van der Waals surface area contributed by atoms with Crippen LogP contribution in [-0.2, 0) is 9.53 Å². The van der Waals surface area contributed by atoms with Gasteiger partial charge in [0.15, 0.2) is 5.78 Å². The first-order chi connectivity index (χ1) is 13.4. The van der Waals surface area contributed by atoms with Crippen molar-refractivity contribution in [2.45, 2.75) is 39.5 Å². The maximum Gasteiger partial charge on any atom is 0.341 e. The van der Waals surface area contributed by atoms with Gasteiger partial charge in [0.2, 0.25) is 0 Å². The lowest BCUT2D eigenvalue weighted by Crippen LogP contribution is -2.19. The van der Waals surface area contributed by atoms with Crippen molar-refractivity contribution >= 4 is 34.3 Å². The third-order valence-electron chi connectivity index (χ3n) is 4.93. The molecular formula is C22H23NO4S. The van der Waals surface area contributed by atoms with Gasteiger partial charge in [-0.3, -0.25) is 4.79 Å². The number of ketones is 1. The largest absolute Gasteiger partial charge is 0.511 e. The van der Waals surface area contributed by atoms with Gasteiger partial charge in [-0.2, -0.15) is 0 Å². The number of carbonyl (C=O) groups excluding carboxylic acids is 2. The number of nitrogens with zero attached hydrogens (tertiary/aromatic N) is 1. The number of carbonyl (C=O) groups is 2. The molecule has 1 heterocycles. The maximum atomic E-state index is 12.4. The number of thiophene rings is 1. The molecule has 6 heteroatoms. The third-order valence-corrected chi connectivity index (χ3v) is 6.04. The highest BCUT2D eigenvalue weighted by Gasteiger charge is 2.29. The van der Waals surface area contributed by atoms with E-state index >= 15 is 0 Å². The number of aliphatic hydroxyl groups excluding tert-OH is 1. The summed E-state index contributed by atoms with van der Waals surface area (Å²) in [6.07, 6.45) is 2.30. The van der Waals surface area contributed by atoms with Crippen molar-refractivity contribution in [2.75, 3.05) is 6.61 Å². The number of rotatable bonds is 5. The number of esters is 1. The van der Waals surface area contributed by atoms with Gasteiger partial charge < -0.3 is 9.84 Å². The van der Waals surface area contributed by atoms with Crippen molar-refractivity contribution in [3.8, 4) is 0 Å². The lowest BCUT2D eigenvalue weighted by atomic mass is 9.83. The number of aryl methyl sites for hydroxylation is 1. The zero-order chi connectivity index (χ0) is 20.3. The van der Waals surface area contributed by atoms with Gasteiger partial charge in [-0.05, 0) is 38.3 Å². The quantitative estimate of drug-likeness (QED) is 0.555. The molecular weight excluding hydrogens is 374 g/mol. The lowest BCUT2D eigenvalue weighted by Gasteiger charge is -2.22. The second-order valence-electron chi connectivity index (χ2n) is 6.67. The van der Waals surface area contributed by atoms with Gasteiger partial charge in [-0.25, -0.2) is 9.79 Å². The van der Waals surface area contributed by atoms with E-state index in [0.717, 1.165) is 16.0 Å². The fourth-order valence-electron chi connectivity index (χ4n) is 3.29. The molecule has 1 unspecified atom stereocenters. The number of allylic oxidation sites excluding steroid dienone is 2. The van der Waals surface area contributed by atoms with Crippen molar-refractivity contribution in [1.82, 2.24) is 0 Å². The minimum atomic E-state index is -0.424. The monoisotopic (exact) mass is 397 g/mol. The number of hydrogen-bond donors (Lipinski definition) is 1. The van der Waals surface area contributed by atoms with Crippen molar-refractivity contribution < 1.29 is 19.4 Å². The summed E-state index contributed by atoms with van der Waals surface area (Å²) < 4.78 is 5.14. The van der Waals surface area contributed by atoms with E-state index in [1.807, 2.05) is 44.2 Å². The van der Waals surface area contributed by atoms with Gasteiger partial charge in [-0.1, -0.05) is 30.3 Å². The van der Waals surface area contributed by atoms with Gasteiger partial charge in [0, 0.05) is 23.4 Å². The molecule has 3 rings (SSSR count). The molecule has 5 nitrogen and oxygen atoms in total. The summed E-state index contributed by atoms with van der Waals surface area (Å²) >= 11 is 1.37. The molecule has 0 radical (unpaired) electrons. The van der Waals surface area contributed by atoms with E-state index in [4.69, 9.17) is 4.74 Å². The number of aliphatic hydroxyl groups is 1. The molecule has 0 saturated carbocycles. The van der Waals surface area contributed by atoms with Crippen LogP contribution < -0.4 is 0 Å². The molecule has 0 aliphatic heterocycles. The van der Waals surface area contributed by atoms with Crippen LogP contribution in [0.4, 0.5) is 5.00 Å². The van der Waals surface area contributed by atoms with E-state index in [2.05, 4.69) is 4.99 Å². The Morgan fingerprint density at radius 3 is 2.71 bits per heavy atom. The van der Waals surface area contributed by atoms with Gasteiger partial charge >= 0.3 is 5.97 Å². The first-order valence-electron chi connectivity index (χ1n) is 9.26. The van der Waals surface area contributed by atoms with Crippen LogP contribution in [0.2, 0.25) is 0 Å². The summed E-state index contributed by atoms with van der Waals surface area (Å²) in [5, 5.41) is 11.2. The Bertz CT molecular complexity index is 956. The lowest BCUT2D eigenvalue weighted by molar-refractivity contribution is -0.115. The second kappa shape index (κ2) is 8.52. The highest BCUT2D eigenvalue weighted by atomic mass is 32.1. The van der Waals surface area contributed by atoms with Crippen molar-refractivity contribution in [3.63, 3.8) is 0 Å². The van der Waals surface area contributed by atoms with Crippen LogP contribution in [0.15, 0.2) is 46.7 Å². The van der Waals surface area contributed by atoms with Crippen molar-refractivity contribution in [3.05, 3.63) is 63.2 Å². The van der Waals surface area contributed by atoms with Crippen LogP contribution in [0.25, 0.3) is 0 Å². The van der Waals surface area contributed by atoms with Crippen LogP contribution in [0.3, 0.4) is 0 Å². The Hall–Kier alpha value is -2.73. The second-order valence-corrected chi connectivity index (χ2v) is 7.87. The normalized spacial score (nSPS) is 17.4. The van der Waals surface area contributed by atoms with E-state index < -0.39 is 5.97 Å². The van der Waals surface area contributed by atoms with Gasteiger partial charge in [0.05, 0.1) is 17.7 Å². The zero-order valence-corrected chi connectivity index (χ0v) is 17.0. The Labute approximate surface area is 168 Å². The molecule has 1 N–H and O–H groups in total. The van der Waals surface area contributed by atoms with Crippen LogP contribution in [-0.4, -0.2) is 29.7 Å². The smallest absolute Gasteiger partial charge is 0.341 e. The van der Waals surface area contributed by atoms with E-state index in [0.29, 0.717) is 23.4 Å². The standard InChI is InChI=1S/C22H23NO4S/c1-4-27-22(26)19-13(2)14(3)28-21(19)23-12-17-18(24)11-10-16(20(17)25)15-8-6-5-7-9-15/h5-9,12,16,25H,4,10-11H2,1-3H3/b23-12+. The van der Waals surface area contributed by atoms with Crippen LogP contribution in [0.1, 0.15) is 52.0 Å². The number of Topliss-reactive ketones (excluding diaryl/α,β-unsaturated/α-hetero) is 1. The topological polar surface area (TPSA) is 76.0 Å². The molecule has 2 aromatic rings. The first-order valence-corrected chi connectivity index (χ1v) is 10.1. The molecule has 28 heavy (non-hydrogen) atoms. The Kier molecular flexibility index (Phi) is 6.09. The summed E-state index contributed by atoms with van der Waals surface area (Å²) in [5.41, 5.74) is 2.42. The highest BCUT2D eigenvalue weighted by molar-refractivity contribution is 7.16. The predicted molar refractivity (Wildman–Crippen MR) is 111 cm³/mol. The van der Waals surface area contributed by atoms with Gasteiger partial charge in [0.1, 0.15) is 10.8 Å². The molecule has 0 fully saturated rings. The molecule has 1 aromatic carbocycles. The molecule has 1 aliphatic carbocycles. The Morgan fingerprint density at radius 2 is 2.04 bits per heavy atom. The minimum absolute atomic E-state index is 0.0360. The molecule has 1 aliphatic rings. The maximum absolute atomic E-state index is 12.4. The number of benzene rings is 1. The number of aliphatic imine (C=N–C) groups is 1. The summed E-state index contributed by atoms with van der Waals surface area (Å²) in [6.45, 7) is 5.79. The molecule has 1 aromatic heterocycles. The fraction of sp³-hybridized carbons (Fsp3) is 0.318. The summed E-state index contributed by atoms with van der Waals surface area (Å²) in [7, 11) is 0. The molecule has 0 bridgehead atoms. The van der Waals surface area contributed by atoms with E-state index in [1.165, 1.54) is 17.6 Å². The van der Waals surface area contributed by atoms with Crippen molar-refractivity contribution in [1.29, 1.82) is 0 Å². The van der Waals surface area contributed by atoms with E-state index in [-0.39, 0.29) is 29.6 Å². The summed E-state index contributed by atoms with van der Waals surface area (Å²) in [6, 6.07) is 9.62. The molecule has 0 saturated heterocycles. The van der Waals surface area contributed by atoms with Gasteiger partial charge in [0.25, 0.3) is 0 Å². The zero-order valence-electron chi connectivity index (χ0n) is 16.2. The van der Waals surface area contributed by atoms with E-state index in [1.54, 1.807) is 6.92 Å². The highest BCUT2D eigenvalue weighted by Crippen LogP contribution is 2.37. The van der Waals surface area contributed by atoms with E-state index in [9.17, 15) is 14.7 Å². The van der Waals surface area contributed by atoms with Crippen molar-refractivity contribution in [2.24, 2.45) is 4.99 Å². The number of hydrogen-bond acceptors (Lipinski definition) is 6. The average molecular weight is 397 g/mol. The summed E-state index contributed by atoms with van der Waals surface area (Å²) in [4.78, 5) is 30.1. The molecule has 0 spiro atoms. The average Bonchev–Trinajstić information content (AvgIpc) is 2.96. The molecule has 1 atom stereocenters. The molecule has 146 valence electrons. The first kappa shape index (κ1) is 20.0. The number of ether oxygens (including phenoxy) is 1. The van der Waals surface area contributed by atoms with Crippen LogP contribution >= 0.6 is 11.3 Å². The van der Waals surface area contributed by atoms with Gasteiger partial charge in [-0.15, -0.1) is 11.3 Å².